The fourth-order valence-corrected chi connectivity index (χ4v) is 3.47. The Morgan fingerprint density at radius 2 is 2.03 bits per heavy atom. The molecule has 0 radical (unpaired) electrons. The molecular formula is C21H22F3N3OS. The average molecular weight is 421 g/mol. The number of hydrogen-bond acceptors (Lipinski definition) is 5. The zero-order valence-electron chi connectivity index (χ0n) is 16.2. The fraction of sp³-hybridized carbons (Fsp3) is 0.333. The molecule has 3 aromatic rings. The molecule has 154 valence electrons. The number of hydrogen-bond donors (Lipinski definition) is 1. The van der Waals surface area contributed by atoms with Gasteiger partial charge in [0.15, 0.2) is 5.13 Å². The molecule has 0 bridgehead atoms. The summed E-state index contributed by atoms with van der Waals surface area (Å²) in [6, 6.07) is 7.66. The van der Waals surface area contributed by atoms with Gasteiger partial charge in [-0.2, -0.15) is 13.2 Å². The van der Waals surface area contributed by atoms with E-state index in [-0.39, 0.29) is 12.4 Å². The lowest BCUT2D eigenvalue weighted by Crippen LogP contribution is -2.10. The summed E-state index contributed by atoms with van der Waals surface area (Å²) in [7, 11) is 0. The molecule has 0 spiro atoms. The predicted octanol–water partition coefficient (Wildman–Crippen LogP) is 6.78. The number of benzene rings is 1. The lowest BCUT2D eigenvalue weighted by molar-refractivity contribution is -0.138. The Balaban J connectivity index is 1.74. The standard InChI is InChI=1S/C21H22F3N3OS/c1-14(2)5-4-10-28-19-8-7-16(11-17(19)21(22,23)24)26-20-27-18(13-29-20)15-6-3-9-25-12-15/h3,6-9,11-14H,4-5,10H2,1-2H3,(H,26,27). The van der Waals surface area contributed by atoms with Gasteiger partial charge >= 0.3 is 6.18 Å². The summed E-state index contributed by atoms with van der Waals surface area (Å²) in [5, 5.41) is 5.28. The van der Waals surface area contributed by atoms with Crippen molar-refractivity contribution < 1.29 is 17.9 Å². The molecule has 0 atom stereocenters. The second-order valence-electron chi connectivity index (χ2n) is 7.00. The van der Waals surface area contributed by atoms with Gasteiger partial charge in [0.2, 0.25) is 0 Å². The molecule has 0 unspecified atom stereocenters. The Morgan fingerprint density at radius 1 is 1.21 bits per heavy atom. The van der Waals surface area contributed by atoms with Crippen LogP contribution in [0.15, 0.2) is 48.1 Å². The first-order valence-electron chi connectivity index (χ1n) is 9.30. The number of nitrogens with one attached hydrogen (secondary N) is 1. The van der Waals surface area contributed by atoms with Gasteiger partial charge in [-0.25, -0.2) is 4.98 Å². The second-order valence-corrected chi connectivity index (χ2v) is 7.86. The Bertz CT molecular complexity index is 926. The molecule has 0 aliphatic heterocycles. The highest BCUT2D eigenvalue weighted by Crippen LogP contribution is 2.39. The summed E-state index contributed by atoms with van der Waals surface area (Å²) in [6.45, 7) is 4.40. The number of rotatable bonds is 8. The zero-order chi connectivity index (χ0) is 20.9. The molecule has 29 heavy (non-hydrogen) atoms. The number of pyridine rings is 1. The summed E-state index contributed by atoms with van der Waals surface area (Å²) < 4.78 is 45.9. The van der Waals surface area contributed by atoms with Gasteiger partial charge in [0.25, 0.3) is 0 Å². The number of alkyl halides is 3. The molecule has 0 aliphatic carbocycles. The van der Waals surface area contributed by atoms with Crippen molar-refractivity contribution in [2.45, 2.75) is 32.9 Å². The molecule has 2 heterocycles. The van der Waals surface area contributed by atoms with Crippen LogP contribution in [0.3, 0.4) is 0 Å². The van der Waals surface area contributed by atoms with E-state index in [2.05, 4.69) is 29.1 Å². The number of aromatic nitrogens is 2. The third kappa shape index (κ3) is 5.93. The molecule has 1 N–H and O–H groups in total. The molecule has 0 aliphatic rings. The van der Waals surface area contributed by atoms with Gasteiger partial charge in [0.1, 0.15) is 5.75 Å². The minimum absolute atomic E-state index is 0.151. The van der Waals surface area contributed by atoms with E-state index in [1.54, 1.807) is 24.5 Å². The Kier molecular flexibility index (Phi) is 6.74. The summed E-state index contributed by atoms with van der Waals surface area (Å²) >= 11 is 1.31. The second kappa shape index (κ2) is 9.26. The van der Waals surface area contributed by atoms with Crippen molar-refractivity contribution in [3.05, 3.63) is 53.7 Å². The van der Waals surface area contributed by atoms with E-state index < -0.39 is 11.7 Å². The topological polar surface area (TPSA) is 47.0 Å². The molecule has 0 fully saturated rings. The highest BCUT2D eigenvalue weighted by Gasteiger charge is 2.34. The van der Waals surface area contributed by atoms with E-state index in [0.29, 0.717) is 28.9 Å². The summed E-state index contributed by atoms with van der Waals surface area (Å²) in [4.78, 5) is 8.47. The van der Waals surface area contributed by atoms with E-state index in [0.717, 1.165) is 18.1 Å². The van der Waals surface area contributed by atoms with E-state index >= 15 is 0 Å². The van der Waals surface area contributed by atoms with Crippen LogP contribution in [-0.2, 0) is 6.18 Å². The average Bonchev–Trinajstić information content (AvgIpc) is 3.14. The van der Waals surface area contributed by atoms with E-state index in [1.807, 2.05) is 11.4 Å². The highest BCUT2D eigenvalue weighted by molar-refractivity contribution is 7.14. The van der Waals surface area contributed by atoms with Crippen molar-refractivity contribution in [3.8, 4) is 17.0 Å². The number of nitrogens with zero attached hydrogens (tertiary/aromatic N) is 2. The molecule has 0 saturated heterocycles. The minimum atomic E-state index is -4.51. The predicted molar refractivity (Wildman–Crippen MR) is 110 cm³/mol. The van der Waals surface area contributed by atoms with Crippen LogP contribution in [0.4, 0.5) is 24.0 Å². The van der Waals surface area contributed by atoms with Crippen molar-refractivity contribution >= 4 is 22.2 Å². The third-order valence-corrected chi connectivity index (χ3v) is 4.94. The Labute approximate surface area is 171 Å². The minimum Gasteiger partial charge on any atom is -0.493 e. The molecule has 4 nitrogen and oxygen atoms in total. The maximum Gasteiger partial charge on any atom is 0.420 e. The van der Waals surface area contributed by atoms with Gasteiger partial charge in [0.05, 0.1) is 17.9 Å². The van der Waals surface area contributed by atoms with Crippen LogP contribution in [0, 0.1) is 5.92 Å². The summed E-state index contributed by atoms with van der Waals surface area (Å²) in [5.74, 6) is 0.337. The van der Waals surface area contributed by atoms with E-state index in [1.165, 1.54) is 17.4 Å². The molecule has 0 saturated carbocycles. The SMILES string of the molecule is CC(C)CCCOc1ccc(Nc2nc(-c3cccnc3)cs2)cc1C(F)(F)F. The Morgan fingerprint density at radius 3 is 2.72 bits per heavy atom. The normalized spacial score (nSPS) is 11.7. The molecular weight excluding hydrogens is 399 g/mol. The number of anilines is 2. The van der Waals surface area contributed by atoms with Crippen LogP contribution < -0.4 is 10.1 Å². The number of ether oxygens (including phenoxy) is 1. The summed E-state index contributed by atoms with van der Waals surface area (Å²) in [5.41, 5.74) is 1.07. The number of halogens is 3. The number of thiazole rings is 1. The third-order valence-electron chi connectivity index (χ3n) is 4.18. The monoisotopic (exact) mass is 421 g/mol. The smallest absolute Gasteiger partial charge is 0.420 e. The first kappa shape index (κ1) is 21.1. The van der Waals surface area contributed by atoms with Crippen molar-refractivity contribution in [1.82, 2.24) is 9.97 Å². The van der Waals surface area contributed by atoms with Crippen LogP contribution in [-0.4, -0.2) is 16.6 Å². The lowest BCUT2D eigenvalue weighted by Gasteiger charge is -2.16. The molecule has 1 aromatic carbocycles. The van der Waals surface area contributed by atoms with Gasteiger partial charge < -0.3 is 10.1 Å². The van der Waals surface area contributed by atoms with Crippen LogP contribution in [0.2, 0.25) is 0 Å². The van der Waals surface area contributed by atoms with Crippen LogP contribution in [0.5, 0.6) is 5.75 Å². The maximum absolute atomic E-state index is 13.5. The molecule has 2 aromatic heterocycles. The van der Waals surface area contributed by atoms with Crippen molar-refractivity contribution in [1.29, 1.82) is 0 Å². The first-order chi connectivity index (χ1) is 13.8. The zero-order valence-corrected chi connectivity index (χ0v) is 17.0. The van der Waals surface area contributed by atoms with Crippen molar-refractivity contribution in [2.75, 3.05) is 11.9 Å². The van der Waals surface area contributed by atoms with Gasteiger partial charge in [0, 0.05) is 29.0 Å². The van der Waals surface area contributed by atoms with Gasteiger partial charge in [-0.3, -0.25) is 4.98 Å². The van der Waals surface area contributed by atoms with Crippen molar-refractivity contribution in [3.63, 3.8) is 0 Å². The fourth-order valence-electron chi connectivity index (χ4n) is 2.73. The van der Waals surface area contributed by atoms with Gasteiger partial charge in [-0.15, -0.1) is 11.3 Å². The van der Waals surface area contributed by atoms with E-state index in [4.69, 9.17) is 4.74 Å². The quantitative estimate of drug-likeness (QED) is 0.407. The van der Waals surface area contributed by atoms with Crippen molar-refractivity contribution in [2.24, 2.45) is 5.92 Å². The summed E-state index contributed by atoms with van der Waals surface area (Å²) in [6.07, 6.45) is 0.469. The largest absolute Gasteiger partial charge is 0.493 e. The Hall–Kier alpha value is -2.61. The first-order valence-corrected chi connectivity index (χ1v) is 10.2. The van der Waals surface area contributed by atoms with Gasteiger partial charge in [-0.05, 0) is 49.1 Å². The maximum atomic E-state index is 13.5. The lowest BCUT2D eigenvalue weighted by atomic mass is 10.1. The van der Waals surface area contributed by atoms with Crippen LogP contribution >= 0.6 is 11.3 Å². The van der Waals surface area contributed by atoms with Gasteiger partial charge in [-0.1, -0.05) is 13.8 Å². The molecule has 8 heteroatoms. The van der Waals surface area contributed by atoms with Crippen LogP contribution in [0.1, 0.15) is 32.3 Å². The van der Waals surface area contributed by atoms with E-state index in [9.17, 15) is 13.2 Å². The molecule has 0 amide bonds. The molecule has 3 rings (SSSR count). The van der Waals surface area contributed by atoms with Crippen LogP contribution in [0.25, 0.3) is 11.3 Å². The highest BCUT2D eigenvalue weighted by atomic mass is 32.1.